The predicted molar refractivity (Wildman–Crippen MR) is 141 cm³/mol. The Labute approximate surface area is 225 Å². The number of nitrogens with one attached hydrogen (secondary N) is 2. The zero-order valence-electron chi connectivity index (χ0n) is 21.1. The first-order chi connectivity index (χ1) is 19.0. The van der Waals surface area contributed by atoms with Crippen LogP contribution in [0.4, 0.5) is 4.79 Å². The minimum Gasteiger partial charge on any atom is -0.491 e. The molecular weight excluding hydrogens is 504 g/mol. The molecule has 0 bridgehead atoms. The number of aliphatic hydroxyl groups excluding tert-OH is 1. The quantitative estimate of drug-likeness (QED) is 0.147. The van der Waals surface area contributed by atoms with Gasteiger partial charge in [-0.1, -0.05) is 54.6 Å². The van der Waals surface area contributed by atoms with Crippen LogP contribution in [0.2, 0.25) is 0 Å². The van der Waals surface area contributed by atoms with Gasteiger partial charge in [-0.05, 0) is 54.8 Å². The number of aliphatic hydroxyl groups is 1. The molecule has 4 N–H and O–H groups in total. The van der Waals surface area contributed by atoms with Crippen LogP contribution in [-0.2, 0) is 9.53 Å². The summed E-state index contributed by atoms with van der Waals surface area (Å²) in [5.74, 6) is -0.267. The van der Waals surface area contributed by atoms with Crippen molar-refractivity contribution >= 4 is 17.9 Å². The first kappa shape index (κ1) is 28.9. The molecule has 0 unspecified atom stereocenters. The maximum atomic E-state index is 12.9. The summed E-state index contributed by atoms with van der Waals surface area (Å²) in [6, 6.07) is 23.9. The van der Waals surface area contributed by atoms with E-state index in [2.05, 4.69) is 5.32 Å². The number of rotatable bonds is 13. The Morgan fingerprint density at radius 1 is 0.872 bits per heavy atom. The van der Waals surface area contributed by atoms with Gasteiger partial charge in [0, 0.05) is 11.6 Å². The van der Waals surface area contributed by atoms with E-state index in [1.807, 2.05) is 6.07 Å². The fraction of sp³-hybridized carbons (Fsp3) is 0.207. The Morgan fingerprint density at radius 2 is 1.54 bits per heavy atom. The van der Waals surface area contributed by atoms with Gasteiger partial charge >= 0.3 is 6.09 Å². The van der Waals surface area contributed by atoms with Gasteiger partial charge in [-0.25, -0.2) is 10.3 Å². The van der Waals surface area contributed by atoms with Gasteiger partial charge < -0.3 is 19.3 Å². The molecule has 0 aliphatic heterocycles. The molecule has 3 amide bonds. The molecular formula is C29H30N2O8. The van der Waals surface area contributed by atoms with Crippen molar-refractivity contribution in [3.05, 3.63) is 108 Å². The molecule has 10 nitrogen and oxygen atoms in total. The molecule has 3 aromatic rings. The average molecular weight is 535 g/mol. The number of imide groups is 1. The maximum Gasteiger partial charge on any atom is 0.414 e. The summed E-state index contributed by atoms with van der Waals surface area (Å²) < 4.78 is 17.4. The third-order valence-electron chi connectivity index (χ3n) is 5.42. The SMILES string of the molecule is O=C(/C=C/CC[C@H](Oc1ccccc1)[C@@H](OC(=O)NC(=O)c1ccccc1)c1ccc(OCCO)cc1)NO. The molecule has 39 heavy (non-hydrogen) atoms. The maximum absolute atomic E-state index is 12.9. The summed E-state index contributed by atoms with van der Waals surface area (Å²) in [5, 5.41) is 20.0. The molecule has 0 spiro atoms. The van der Waals surface area contributed by atoms with Gasteiger partial charge in [-0.15, -0.1) is 0 Å². The third kappa shape index (κ3) is 9.62. The van der Waals surface area contributed by atoms with Crippen molar-refractivity contribution in [2.75, 3.05) is 13.2 Å². The minimum atomic E-state index is -0.972. The molecule has 0 aliphatic carbocycles. The van der Waals surface area contributed by atoms with Crippen molar-refractivity contribution < 1.29 is 38.9 Å². The van der Waals surface area contributed by atoms with Crippen molar-refractivity contribution in [2.24, 2.45) is 0 Å². The highest BCUT2D eigenvalue weighted by atomic mass is 16.6. The Hall–Kier alpha value is -4.67. The Balaban J connectivity index is 1.87. The highest BCUT2D eigenvalue weighted by Gasteiger charge is 2.29. The van der Waals surface area contributed by atoms with E-state index in [1.165, 1.54) is 11.6 Å². The van der Waals surface area contributed by atoms with Gasteiger partial charge in [-0.2, -0.15) is 0 Å². The first-order valence-electron chi connectivity index (χ1n) is 12.2. The van der Waals surface area contributed by atoms with E-state index in [0.29, 0.717) is 35.5 Å². The number of ether oxygens (including phenoxy) is 3. The van der Waals surface area contributed by atoms with Crippen LogP contribution in [0.3, 0.4) is 0 Å². The number of hydroxylamine groups is 1. The number of carbonyl (C=O) groups excluding carboxylic acids is 3. The van der Waals surface area contributed by atoms with Crippen molar-refractivity contribution in [3.8, 4) is 11.5 Å². The Morgan fingerprint density at radius 3 is 2.18 bits per heavy atom. The molecule has 204 valence electrons. The number of hydrogen-bond donors (Lipinski definition) is 4. The van der Waals surface area contributed by atoms with Crippen molar-refractivity contribution in [3.63, 3.8) is 0 Å². The van der Waals surface area contributed by atoms with Gasteiger partial charge in [0.1, 0.15) is 24.2 Å². The van der Waals surface area contributed by atoms with E-state index in [0.717, 1.165) is 0 Å². The number of allylic oxidation sites excluding steroid dienone is 1. The topological polar surface area (TPSA) is 143 Å². The molecule has 2 atom stereocenters. The number of carbonyl (C=O) groups is 3. The second-order valence-corrected chi connectivity index (χ2v) is 8.21. The van der Waals surface area contributed by atoms with Crippen LogP contribution < -0.4 is 20.3 Å². The number of amides is 3. The minimum absolute atomic E-state index is 0.122. The van der Waals surface area contributed by atoms with Crippen LogP contribution in [0.5, 0.6) is 11.5 Å². The predicted octanol–water partition coefficient (Wildman–Crippen LogP) is 3.95. The average Bonchev–Trinajstić information content (AvgIpc) is 2.97. The smallest absolute Gasteiger partial charge is 0.414 e. The van der Waals surface area contributed by atoms with E-state index in [1.54, 1.807) is 84.9 Å². The zero-order chi connectivity index (χ0) is 27.9. The van der Waals surface area contributed by atoms with Crippen LogP contribution in [-0.4, -0.2) is 47.5 Å². The number of para-hydroxylation sites is 1. The van der Waals surface area contributed by atoms with E-state index < -0.39 is 30.1 Å². The van der Waals surface area contributed by atoms with Crippen LogP contribution in [0.25, 0.3) is 0 Å². The molecule has 0 saturated carbocycles. The van der Waals surface area contributed by atoms with Crippen LogP contribution in [0.1, 0.15) is 34.9 Å². The molecule has 0 saturated heterocycles. The Kier molecular flexibility index (Phi) is 11.5. The lowest BCUT2D eigenvalue weighted by Crippen LogP contribution is -2.36. The van der Waals surface area contributed by atoms with Gasteiger partial charge in [-0.3, -0.25) is 20.1 Å². The highest BCUT2D eigenvalue weighted by molar-refractivity contribution is 6.02. The molecule has 3 rings (SSSR count). The summed E-state index contributed by atoms with van der Waals surface area (Å²) in [6.45, 7) is -0.0192. The second-order valence-electron chi connectivity index (χ2n) is 8.21. The molecule has 0 heterocycles. The van der Waals surface area contributed by atoms with Gasteiger partial charge in [0.2, 0.25) is 0 Å². The fourth-order valence-electron chi connectivity index (χ4n) is 3.61. The fourth-order valence-corrected chi connectivity index (χ4v) is 3.61. The number of alkyl carbamates (subject to hydrolysis) is 1. The summed E-state index contributed by atoms with van der Waals surface area (Å²) >= 11 is 0. The molecule has 0 fully saturated rings. The van der Waals surface area contributed by atoms with Crippen molar-refractivity contribution in [2.45, 2.75) is 25.0 Å². The monoisotopic (exact) mass is 534 g/mol. The molecule has 3 aromatic carbocycles. The van der Waals surface area contributed by atoms with E-state index in [4.69, 9.17) is 24.5 Å². The van der Waals surface area contributed by atoms with Gasteiger partial charge in [0.05, 0.1) is 6.61 Å². The summed E-state index contributed by atoms with van der Waals surface area (Å²) in [5.41, 5.74) is 2.38. The standard InChI is InChI=1S/C29H30N2O8/c32-19-20-37-23-17-15-21(16-18-23)27(39-29(35)30-28(34)22-9-3-1-4-10-22)25(13-7-8-14-26(33)31-36)38-24-11-5-2-6-12-24/h1-6,8-12,14-18,25,27,32,36H,7,13,19-20H2,(H,31,33)(H,30,34,35)/b14-8+/t25-,27-/m0/s1. The lowest BCUT2D eigenvalue weighted by Gasteiger charge is -2.28. The Bertz CT molecular complexity index is 1220. The number of hydrogen-bond acceptors (Lipinski definition) is 8. The second kappa shape index (κ2) is 15.6. The van der Waals surface area contributed by atoms with Crippen molar-refractivity contribution in [1.82, 2.24) is 10.8 Å². The third-order valence-corrected chi connectivity index (χ3v) is 5.42. The summed E-state index contributed by atoms with van der Waals surface area (Å²) in [6.07, 6.45) is 0.691. The molecule has 0 aromatic heterocycles. The molecule has 0 aliphatic rings. The lowest BCUT2D eigenvalue weighted by atomic mass is 10.00. The van der Waals surface area contributed by atoms with E-state index >= 15 is 0 Å². The highest BCUT2D eigenvalue weighted by Crippen LogP contribution is 2.30. The first-order valence-corrected chi connectivity index (χ1v) is 12.2. The van der Waals surface area contributed by atoms with Gasteiger partial charge in [0.15, 0.2) is 6.10 Å². The normalized spacial score (nSPS) is 12.3. The van der Waals surface area contributed by atoms with Gasteiger partial charge in [0.25, 0.3) is 11.8 Å². The van der Waals surface area contributed by atoms with Crippen LogP contribution >= 0.6 is 0 Å². The number of benzene rings is 3. The molecule has 0 radical (unpaired) electrons. The van der Waals surface area contributed by atoms with E-state index in [-0.39, 0.29) is 13.2 Å². The molecule has 10 heteroatoms. The van der Waals surface area contributed by atoms with Crippen LogP contribution in [0.15, 0.2) is 97.1 Å². The van der Waals surface area contributed by atoms with E-state index in [9.17, 15) is 14.4 Å². The van der Waals surface area contributed by atoms with Crippen molar-refractivity contribution in [1.29, 1.82) is 0 Å². The zero-order valence-corrected chi connectivity index (χ0v) is 21.1. The largest absolute Gasteiger partial charge is 0.491 e. The summed E-state index contributed by atoms with van der Waals surface area (Å²) in [4.78, 5) is 36.8. The summed E-state index contributed by atoms with van der Waals surface area (Å²) in [7, 11) is 0. The lowest BCUT2D eigenvalue weighted by molar-refractivity contribution is -0.124. The van der Waals surface area contributed by atoms with Crippen LogP contribution in [0, 0.1) is 0 Å².